The van der Waals surface area contributed by atoms with Gasteiger partial charge < -0.3 is 9.64 Å². The number of carbonyl (C=O) groups is 1. The quantitative estimate of drug-likeness (QED) is 0.681. The normalized spacial score (nSPS) is 21.9. The van der Waals surface area contributed by atoms with Crippen LogP contribution in [-0.4, -0.2) is 24.6 Å². The van der Waals surface area contributed by atoms with Crippen LogP contribution in [0.4, 0.5) is 4.79 Å². The van der Waals surface area contributed by atoms with E-state index in [0.29, 0.717) is 0 Å². The van der Waals surface area contributed by atoms with Gasteiger partial charge in [0.25, 0.3) is 0 Å². The molecule has 1 atom stereocenters. The molecule has 0 radical (unpaired) electrons. The van der Waals surface area contributed by atoms with Crippen molar-refractivity contribution >= 4 is 6.09 Å². The summed E-state index contributed by atoms with van der Waals surface area (Å²) >= 11 is 0. The molecule has 0 aliphatic carbocycles. The van der Waals surface area contributed by atoms with E-state index in [9.17, 15) is 4.79 Å². The van der Waals surface area contributed by atoms with E-state index < -0.39 is 0 Å². The van der Waals surface area contributed by atoms with Gasteiger partial charge in [-0.05, 0) is 5.56 Å². The number of hydrogen-bond acceptors (Lipinski definition) is 2. The molecule has 3 heteroatoms. The summed E-state index contributed by atoms with van der Waals surface area (Å²) in [6, 6.07) is 9.86. The van der Waals surface area contributed by atoms with Gasteiger partial charge >= 0.3 is 6.09 Å². The molecule has 1 unspecified atom stereocenters. The largest absolute Gasteiger partial charge is 0.441 e. The molecule has 14 heavy (non-hydrogen) atoms. The van der Waals surface area contributed by atoms with E-state index in [2.05, 4.69) is 0 Å². The lowest BCUT2D eigenvalue weighted by Crippen LogP contribution is -2.35. The number of ether oxygens (including phenoxy) is 1. The second kappa shape index (κ2) is 3.70. The molecule has 1 aliphatic rings. The molecule has 0 saturated carbocycles. The van der Waals surface area contributed by atoms with E-state index in [1.807, 2.05) is 30.3 Å². The highest BCUT2D eigenvalue weighted by molar-refractivity contribution is 5.68. The predicted molar refractivity (Wildman–Crippen MR) is 52.9 cm³/mol. The molecule has 0 spiro atoms. The first kappa shape index (κ1) is 9.06. The average molecular weight is 191 g/mol. The van der Waals surface area contributed by atoms with Gasteiger partial charge in [-0.25, -0.2) is 4.79 Å². The zero-order valence-electron chi connectivity index (χ0n) is 8.14. The summed E-state index contributed by atoms with van der Waals surface area (Å²) in [5.41, 5.74) is 1.08. The smallest absolute Gasteiger partial charge is 0.410 e. The fraction of sp³-hybridized carbons (Fsp3) is 0.364. The van der Waals surface area contributed by atoms with E-state index in [1.54, 1.807) is 11.9 Å². The Morgan fingerprint density at radius 2 is 2.07 bits per heavy atom. The van der Waals surface area contributed by atoms with Crippen molar-refractivity contribution in [3.05, 3.63) is 35.9 Å². The number of cyclic esters (lactones) is 1. The maximum Gasteiger partial charge on any atom is 0.410 e. The first-order chi connectivity index (χ1) is 6.77. The van der Waals surface area contributed by atoms with E-state index in [1.165, 1.54) is 0 Å². The van der Waals surface area contributed by atoms with Crippen molar-refractivity contribution < 1.29 is 9.53 Å². The minimum atomic E-state index is -0.231. The van der Waals surface area contributed by atoms with Crippen LogP contribution in [0.15, 0.2) is 30.3 Å². The fourth-order valence-electron chi connectivity index (χ4n) is 1.58. The topological polar surface area (TPSA) is 29.5 Å². The number of amides is 1. The third-order valence-corrected chi connectivity index (χ3v) is 2.45. The zero-order valence-corrected chi connectivity index (χ0v) is 8.14. The van der Waals surface area contributed by atoms with Gasteiger partial charge in [0, 0.05) is 20.0 Å². The van der Waals surface area contributed by atoms with E-state index >= 15 is 0 Å². The van der Waals surface area contributed by atoms with Gasteiger partial charge in [-0.1, -0.05) is 30.3 Å². The lowest BCUT2D eigenvalue weighted by molar-refractivity contribution is 0.0324. The molecular weight excluding hydrogens is 178 g/mol. The molecular formula is C11H13NO2. The minimum absolute atomic E-state index is 0.0695. The second-order valence-corrected chi connectivity index (χ2v) is 3.49. The van der Waals surface area contributed by atoms with Crippen molar-refractivity contribution in [1.82, 2.24) is 4.90 Å². The van der Waals surface area contributed by atoms with Gasteiger partial charge in [0.15, 0.2) is 0 Å². The van der Waals surface area contributed by atoms with Crippen molar-refractivity contribution in [1.29, 1.82) is 0 Å². The lowest BCUT2D eigenvalue weighted by Gasteiger charge is -2.29. The van der Waals surface area contributed by atoms with Crippen LogP contribution in [0.25, 0.3) is 0 Å². The van der Waals surface area contributed by atoms with Gasteiger partial charge in [-0.3, -0.25) is 0 Å². The maximum absolute atomic E-state index is 11.3. The van der Waals surface area contributed by atoms with Crippen LogP contribution in [0.5, 0.6) is 0 Å². The first-order valence-electron chi connectivity index (χ1n) is 4.74. The van der Waals surface area contributed by atoms with Crippen molar-refractivity contribution in [3.8, 4) is 0 Å². The van der Waals surface area contributed by atoms with E-state index in [-0.39, 0.29) is 12.2 Å². The number of benzene rings is 1. The van der Waals surface area contributed by atoms with Gasteiger partial charge in [0.05, 0.1) is 0 Å². The Morgan fingerprint density at radius 3 is 2.71 bits per heavy atom. The van der Waals surface area contributed by atoms with E-state index in [4.69, 9.17) is 4.74 Å². The molecule has 1 saturated heterocycles. The van der Waals surface area contributed by atoms with Crippen LogP contribution in [0, 0.1) is 0 Å². The average Bonchev–Trinajstić information content (AvgIpc) is 2.23. The minimum Gasteiger partial charge on any atom is -0.441 e. The summed E-state index contributed by atoms with van der Waals surface area (Å²) < 4.78 is 5.27. The molecule has 0 bridgehead atoms. The summed E-state index contributed by atoms with van der Waals surface area (Å²) in [5, 5.41) is 0. The van der Waals surface area contributed by atoms with Crippen LogP contribution < -0.4 is 0 Å². The Bertz CT molecular complexity index is 323. The number of nitrogens with zero attached hydrogens (tertiary/aromatic N) is 1. The second-order valence-electron chi connectivity index (χ2n) is 3.49. The predicted octanol–water partition coefficient (Wildman–Crippen LogP) is 2.20. The Kier molecular flexibility index (Phi) is 2.39. The van der Waals surface area contributed by atoms with E-state index in [0.717, 1.165) is 18.5 Å². The van der Waals surface area contributed by atoms with Crippen molar-refractivity contribution in [3.63, 3.8) is 0 Å². The van der Waals surface area contributed by atoms with Crippen molar-refractivity contribution in [2.45, 2.75) is 12.5 Å². The third-order valence-electron chi connectivity index (χ3n) is 2.45. The Hall–Kier alpha value is -1.51. The summed E-state index contributed by atoms with van der Waals surface area (Å²) in [7, 11) is 1.75. The molecule has 1 aromatic rings. The molecule has 74 valence electrons. The Morgan fingerprint density at radius 1 is 1.36 bits per heavy atom. The van der Waals surface area contributed by atoms with Crippen LogP contribution in [-0.2, 0) is 4.74 Å². The molecule has 3 nitrogen and oxygen atoms in total. The monoisotopic (exact) mass is 191 g/mol. The summed E-state index contributed by atoms with van der Waals surface area (Å²) in [6.07, 6.45) is 0.566. The number of rotatable bonds is 1. The van der Waals surface area contributed by atoms with Crippen LogP contribution >= 0.6 is 0 Å². The van der Waals surface area contributed by atoms with Crippen LogP contribution in [0.3, 0.4) is 0 Å². The maximum atomic E-state index is 11.3. The number of carbonyl (C=O) groups excluding carboxylic acids is 1. The molecule has 1 heterocycles. The highest BCUT2D eigenvalue weighted by Crippen LogP contribution is 2.25. The van der Waals surface area contributed by atoms with Gasteiger partial charge in [0.1, 0.15) is 6.10 Å². The molecule has 2 rings (SSSR count). The summed E-state index contributed by atoms with van der Waals surface area (Å²) in [4.78, 5) is 12.9. The zero-order chi connectivity index (χ0) is 9.97. The molecule has 0 aromatic heterocycles. The van der Waals surface area contributed by atoms with Gasteiger partial charge in [0.2, 0.25) is 0 Å². The summed E-state index contributed by atoms with van der Waals surface area (Å²) in [5.74, 6) is 0. The molecule has 0 N–H and O–H groups in total. The fourth-order valence-corrected chi connectivity index (χ4v) is 1.58. The Balaban J connectivity index is 2.11. The van der Waals surface area contributed by atoms with Crippen molar-refractivity contribution in [2.75, 3.05) is 13.6 Å². The van der Waals surface area contributed by atoms with Crippen molar-refractivity contribution in [2.24, 2.45) is 0 Å². The molecule has 1 fully saturated rings. The lowest BCUT2D eigenvalue weighted by atomic mass is 10.1. The first-order valence-corrected chi connectivity index (χ1v) is 4.74. The molecule has 1 aromatic carbocycles. The number of hydrogen-bond donors (Lipinski definition) is 0. The molecule has 1 aliphatic heterocycles. The Labute approximate surface area is 83.3 Å². The standard InChI is InChI=1S/C11H13NO2/c1-12-8-7-10(14-11(12)13)9-5-3-2-4-6-9/h2-6,10H,7-8H2,1H3. The highest BCUT2D eigenvalue weighted by Gasteiger charge is 2.25. The van der Waals surface area contributed by atoms with Gasteiger partial charge in [-0.2, -0.15) is 0 Å². The summed E-state index contributed by atoms with van der Waals surface area (Å²) in [6.45, 7) is 0.762. The third kappa shape index (κ3) is 1.71. The van der Waals surface area contributed by atoms with Crippen LogP contribution in [0.1, 0.15) is 18.1 Å². The highest BCUT2D eigenvalue weighted by atomic mass is 16.6. The molecule has 1 amide bonds. The SMILES string of the molecule is CN1CCC(c2ccccc2)OC1=O. The van der Waals surface area contributed by atoms with Gasteiger partial charge in [-0.15, -0.1) is 0 Å². The van der Waals surface area contributed by atoms with Crippen LogP contribution in [0.2, 0.25) is 0 Å².